The highest BCUT2D eigenvalue weighted by Crippen LogP contribution is 2.11. The van der Waals surface area contributed by atoms with Crippen LogP contribution in [0, 0.1) is 0 Å². The number of benzene rings is 1. The second kappa shape index (κ2) is 10.0. The van der Waals surface area contributed by atoms with Crippen LogP contribution in [-0.2, 0) is 17.9 Å². The molecule has 2 rings (SSSR count). The van der Waals surface area contributed by atoms with Crippen molar-refractivity contribution in [3.8, 4) is 0 Å². The van der Waals surface area contributed by atoms with Crippen molar-refractivity contribution < 1.29 is 9.32 Å². The summed E-state index contributed by atoms with van der Waals surface area (Å²) in [5, 5.41) is 6.81. The van der Waals surface area contributed by atoms with Gasteiger partial charge in [-0.25, -0.2) is 0 Å². The molecule has 2 aromatic rings. The SMILES string of the molecule is CCCN(Cc1noc(CN)n1)C(C)C(=O)Nc1ccccc1.Cl. The minimum atomic E-state index is -0.310. The Morgan fingerprint density at radius 2 is 2.08 bits per heavy atom. The van der Waals surface area contributed by atoms with Crippen molar-refractivity contribution in [2.24, 2.45) is 5.73 Å². The number of carbonyl (C=O) groups excluding carboxylic acids is 1. The van der Waals surface area contributed by atoms with Crippen LogP contribution in [0.4, 0.5) is 5.69 Å². The summed E-state index contributed by atoms with van der Waals surface area (Å²) in [6.45, 7) is 5.36. The first-order valence-corrected chi connectivity index (χ1v) is 7.75. The summed E-state index contributed by atoms with van der Waals surface area (Å²) in [5.41, 5.74) is 6.26. The van der Waals surface area contributed by atoms with Gasteiger partial charge in [0.25, 0.3) is 0 Å². The number of para-hydroxylation sites is 1. The largest absolute Gasteiger partial charge is 0.338 e. The Kier molecular flexibility index (Phi) is 8.39. The zero-order valence-corrected chi connectivity index (χ0v) is 14.8. The average molecular weight is 354 g/mol. The fourth-order valence-corrected chi connectivity index (χ4v) is 2.25. The lowest BCUT2D eigenvalue weighted by molar-refractivity contribution is -0.121. The van der Waals surface area contributed by atoms with E-state index < -0.39 is 0 Å². The molecule has 0 aliphatic rings. The van der Waals surface area contributed by atoms with Crippen LogP contribution in [-0.4, -0.2) is 33.5 Å². The highest BCUT2D eigenvalue weighted by atomic mass is 35.5. The number of nitrogens with two attached hydrogens (primary N) is 1. The Morgan fingerprint density at radius 3 is 2.67 bits per heavy atom. The quantitative estimate of drug-likeness (QED) is 0.755. The van der Waals surface area contributed by atoms with E-state index in [-0.39, 0.29) is 30.9 Å². The van der Waals surface area contributed by atoms with E-state index in [0.29, 0.717) is 18.3 Å². The summed E-state index contributed by atoms with van der Waals surface area (Å²) in [5.74, 6) is 0.878. The summed E-state index contributed by atoms with van der Waals surface area (Å²) >= 11 is 0. The molecule has 1 aromatic heterocycles. The number of halogens is 1. The van der Waals surface area contributed by atoms with E-state index in [4.69, 9.17) is 10.3 Å². The van der Waals surface area contributed by atoms with E-state index >= 15 is 0 Å². The average Bonchev–Trinajstić information content (AvgIpc) is 3.02. The maximum Gasteiger partial charge on any atom is 0.241 e. The number of nitrogens with zero attached hydrogens (tertiary/aromatic N) is 3. The van der Waals surface area contributed by atoms with E-state index in [0.717, 1.165) is 18.7 Å². The van der Waals surface area contributed by atoms with Crippen LogP contribution in [0.15, 0.2) is 34.9 Å². The second-order valence-corrected chi connectivity index (χ2v) is 5.31. The zero-order valence-electron chi connectivity index (χ0n) is 13.9. The third kappa shape index (κ3) is 5.59. The van der Waals surface area contributed by atoms with Gasteiger partial charge in [-0.15, -0.1) is 12.4 Å². The number of hydrogen-bond acceptors (Lipinski definition) is 6. The van der Waals surface area contributed by atoms with Crippen LogP contribution in [0.25, 0.3) is 0 Å². The maximum atomic E-state index is 12.4. The molecule has 132 valence electrons. The van der Waals surface area contributed by atoms with Crippen LogP contribution in [0.3, 0.4) is 0 Å². The molecule has 7 nitrogen and oxygen atoms in total. The van der Waals surface area contributed by atoms with Gasteiger partial charge in [0.2, 0.25) is 11.8 Å². The minimum absolute atomic E-state index is 0. The second-order valence-electron chi connectivity index (χ2n) is 5.31. The van der Waals surface area contributed by atoms with Gasteiger partial charge in [0.05, 0.1) is 19.1 Å². The molecule has 1 amide bonds. The fraction of sp³-hybridized carbons (Fsp3) is 0.438. The number of anilines is 1. The first-order chi connectivity index (χ1) is 11.1. The molecule has 0 radical (unpaired) electrons. The van der Waals surface area contributed by atoms with E-state index in [2.05, 4.69) is 22.4 Å². The van der Waals surface area contributed by atoms with Crippen molar-refractivity contribution in [2.75, 3.05) is 11.9 Å². The molecule has 1 aromatic carbocycles. The summed E-state index contributed by atoms with van der Waals surface area (Å²) < 4.78 is 5.02. The van der Waals surface area contributed by atoms with Crippen LogP contribution < -0.4 is 11.1 Å². The van der Waals surface area contributed by atoms with Crippen molar-refractivity contribution in [1.29, 1.82) is 0 Å². The van der Waals surface area contributed by atoms with Gasteiger partial charge in [0, 0.05) is 5.69 Å². The minimum Gasteiger partial charge on any atom is -0.338 e. The molecule has 0 saturated carbocycles. The van der Waals surface area contributed by atoms with Crippen molar-refractivity contribution in [1.82, 2.24) is 15.0 Å². The van der Waals surface area contributed by atoms with Gasteiger partial charge in [0.1, 0.15) is 0 Å². The molecular formula is C16H24ClN5O2. The van der Waals surface area contributed by atoms with Crippen molar-refractivity contribution in [2.45, 2.75) is 39.4 Å². The molecule has 0 fully saturated rings. The Morgan fingerprint density at radius 1 is 1.38 bits per heavy atom. The third-order valence-electron chi connectivity index (χ3n) is 3.51. The Labute approximate surface area is 148 Å². The van der Waals surface area contributed by atoms with Gasteiger partial charge in [-0.2, -0.15) is 4.98 Å². The van der Waals surface area contributed by atoms with Crippen LogP contribution in [0.5, 0.6) is 0 Å². The monoisotopic (exact) mass is 353 g/mol. The lowest BCUT2D eigenvalue weighted by Crippen LogP contribution is -2.42. The van der Waals surface area contributed by atoms with Gasteiger partial charge < -0.3 is 15.6 Å². The molecule has 8 heteroatoms. The molecule has 3 N–H and O–H groups in total. The third-order valence-corrected chi connectivity index (χ3v) is 3.51. The molecule has 1 unspecified atom stereocenters. The number of aromatic nitrogens is 2. The summed E-state index contributed by atoms with van der Waals surface area (Å²) in [6.07, 6.45) is 0.921. The predicted molar refractivity (Wildman–Crippen MR) is 94.7 cm³/mol. The van der Waals surface area contributed by atoms with Crippen molar-refractivity contribution >= 4 is 24.0 Å². The Bertz CT molecular complexity index is 620. The highest BCUT2D eigenvalue weighted by Gasteiger charge is 2.22. The molecule has 0 aliphatic heterocycles. The molecule has 0 spiro atoms. The Hall–Kier alpha value is -1.96. The van der Waals surface area contributed by atoms with E-state index in [1.54, 1.807) is 0 Å². The predicted octanol–water partition coefficient (Wildman–Crippen LogP) is 2.19. The van der Waals surface area contributed by atoms with Crippen LogP contribution in [0.1, 0.15) is 32.0 Å². The first kappa shape index (κ1) is 20.1. The molecule has 1 heterocycles. The molecule has 0 bridgehead atoms. The molecule has 0 aliphatic carbocycles. The van der Waals surface area contributed by atoms with Crippen LogP contribution in [0.2, 0.25) is 0 Å². The summed E-state index contributed by atoms with van der Waals surface area (Å²) in [6, 6.07) is 9.10. The summed E-state index contributed by atoms with van der Waals surface area (Å²) in [4.78, 5) is 18.7. The Balaban J connectivity index is 0.00000288. The number of rotatable bonds is 8. The molecule has 0 saturated heterocycles. The topological polar surface area (TPSA) is 97.3 Å². The lowest BCUT2D eigenvalue weighted by atomic mass is 10.2. The normalized spacial score (nSPS) is 11.8. The van der Waals surface area contributed by atoms with Crippen molar-refractivity contribution in [3.05, 3.63) is 42.0 Å². The highest BCUT2D eigenvalue weighted by molar-refractivity contribution is 5.94. The maximum absolute atomic E-state index is 12.4. The summed E-state index contributed by atoms with van der Waals surface area (Å²) in [7, 11) is 0. The number of nitrogens with one attached hydrogen (secondary N) is 1. The number of hydrogen-bond donors (Lipinski definition) is 2. The van der Waals surface area contributed by atoms with Crippen molar-refractivity contribution in [3.63, 3.8) is 0 Å². The van der Waals surface area contributed by atoms with Gasteiger partial charge in [-0.3, -0.25) is 9.69 Å². The van der Waals surface area contributed by atoms with E-state index in [9.17, 15) is 4.79 Å². The van der Waals surface area contributed by atoms with Crippen LogP contribution >= 0.6 is 12.4 Å². The lowest BCUT2D eigenvalue weighted by Gasteiger charge is -2.26. The standard InChI is InChI=1S/C16H23N5O2.ClH/c1-3-9-21(11-14-19-15(10-17)23-20-14)12(2)16(22)18-13-7-5-4-6-8-13;/h4-8,12H,3,9-11,17H2,1-2H3,(H,18,22);1H. The number of amides is 1. The fourth-order valence-electron chi connectivity index (χ4n) is 2.25. The van der Waals surface area contributed by atoms with Gasteiger partial charge in [-0.1, -0.05) is 30.3 Å². The number of carbonyl (C=O) groups is 1. The van der Waals surface area contributed by atoms with E-state index in [1.165, 1.54) is 0 Å². The van der Waals surface area contributed by atoms with Gasteiger partial charge in [-0.05, 0) is 32.0 Å². The molecule has 24 heavy (non-hydrogen) atoms. The molecular weight excluding hydrogens is 330 g/mol. The smallest absolute Gasteiger partial charge is 0.241 e. The zero-order chi connectivity index (χ0) is 16.7. The van der Waals surface area contributed by atoms with E-state index in [1.807, 2.05) is 42.2 Å². The first-order valence-electron chi connectivity index (χ1n) is 7.75. The van der Waals surface area contributed by atoms with Gasteiger partial charge >= 0.3 is 0 Å². The van der Waals surface area contributed by atoms with Gasteiger partial charge in [0.15, 0.2) is 5.82 Å². The molecule has 1 atom stereocenters.